The fourth-order valence-corrected chi connectivity index (χ4v) is 4.15. The van der Waals surface area contributed by atoms with Crippen molar-refractivity contribution in [3.8, 4) is 22.6 Å². The molecule has 4 rings (SSSR count). The molecule has 29 heavy (non-hydrogen) atoms. The minimum absolute atomic E-state index is 0.213. The van der Waals surface area contributed by atoms with E-state index in [0.717, 1.165) is 22.5 Å². The highest BCUT2D eigenvalue weighted by Gasteiger charge is 2.18. The van der Waals surface area contributed by atoms with Gasteiger partial charge in [0.15, 0.2) is 0 Å². The summed E-state index contributed by atoms with van der Waals surface area (Å²) in [6.07, 6.45) is 3.46. The van der Waals surface area contributed by atoms with Gasteiger partial charge in [0, 0.05) is 29.2 Å². The first-order valence-electron chi connectivity index (χ1n) is 9.10. The number of rotatable bonds is 5. The minimum Gasteiger partial charge on any atom is -0.341 e. The number of aromatic amines is 1. The first-order chi connectivity index (χ1) is 13.9. The van der Waals surface area contributed by atoms with Crippen LogP contribution in [-0.4, -0.2) is 23.4 Å². The predicted molar refractivity (Wildman–Crippen MR) is 114 cm³/mol. The van der Waals surface area contributed by atoms with Crippen molar-refractivity contribution in [1.82, 2.24) is 15.0 Å². The maximum atomic E-state index is 12.8. The van der Waals surface area contributed by atoms with Gasteiger partial charge < -0.3 is 4.98 Å². The third kappa shape index (κ3) is 3.90. The Kier molecular flexibility index (Phi) is 4.90. The van der Waals surface area contributed by atoms with Crippen molar-refractivity contribution in [2.45, 2.75) is 18.7 Å². The third-order valence-electron chi connectivity index (χ3n) is 4.58. The van der Waals surface area contributed by atoms with Gasteiger partial charge in [-0.3, -0.25) is 9.71 Å². The average Bonchev–Trinajstić information content (AvgIpc) is 3.10. The van der Waals surface area contributed by atoms with Crippen LogP contribution in [0.3, 0.4) is 0 Å². The zero-order valence-electron chi connectivity index (χ0n) is 16.0. The lowest BCUT2D eigenvalue weighted by Gasteiger charge is -2.11. The number of hydrogen-bond acceptors (Lipinski definition) is 4. The van der Waals surface area contributed by atoms with E-state index in [9.17, 15) is 8.42 Å². The molecular formula is C22H20N4O2S. The predicted octanol–water partition coefficient (Wildman–Crippen LogP) is 4.56. The Labute approximate surface area is 169 Å². The van der Waals surface area contributed by atoms with E-state index in [1.54, 1.807) is 48.8 Å². The van der Waals surface area contributed by atoms with Crippen LogP contribution in [0.25, 0.3) is 22.6 Å². The number of hydrogen-bond donors (Lipinski definition) is 2. The lowest BCUT2D eigenvalue weighted by atomic mass is 10.2. The summed E-state index contributed by atoms with van der Waals surface area (Å²) in [7, 11) is -3.72. The number of anilines is 1. The number of imidazole rings is 1. The molecule has 6 nitrogen and oxygen atoms in total. The molecule has 0 aliphatic heterocycles. The number of H-pyrrole nitrogens is 1. The second-order valence-corrected chi connectivity index (χ2v) is 8.45. The molecule has 0 amide bonds. The molecule has 0 aliphatic carbocycles. The quantitative estimate of drug-likeness (QED) is 0.511. The zero-order valence-corrected chi connectivity index (χ0v) is 16.9. The average molecular weight is 404 g/mol. The SMILES string of the molecule is Cc1ccc(S(=O)(=O)Nc2ccccc2-c2nc(-c3cccnc3)c(C)[nH]2)cc1. The molecule has 2 aromatic carbocycles. The van der Waals surface area contributed by atoms with Crippen molar-refractivity contribution in [1.29, 1.82) is 0 Å². The van der Waals surface area contributed by atoms with Gasteiger partial charge in [-0.15, -0.1) is 0 Å². The van der Waals surface area contributed by atoms with E-state index in [0.29, 0.717) is 17.1 Å². The second-order valence-electron chi connectivity index (χ2n) is 6.76. The molecule has 0 bridgehead atoms. The van der Waals surface area contributed by atoms with Crippen molar-refractivity contribution in [2.24, 2.45) is 0 Å². The van der Waals surface area contributed by atoms with Crippen LogP contribution >= 0.6 is 0 Å². The van der Waals surface area contributed by atoms with E-state index in [1.165, 1.54) is 0 Å². The molecule has 0 radical (unpaired) electrons. The van der Waals surface area contributed by atoms with Crippen molar-refractivity contribution in [2.75, 3.05) is 4.72 Å². The lowest BCUT2D eigenvalue weighted by molar-refractivity contribution is 0.601. The van der Waals surface area contributed by atoms with E-state index in [-0.39, 0.29) is 4.90 Å². The Morgan fingerprint density at radius 1 is 0.931 bits per heavy atom. The summed E-state index contributed by atoms with van der Waals surface area (Å²) < 4.78 is 28.4. The number of aryl methyl sites for hydroxylation is 2. The van der Waals surface area contributed by atoms with Gasteiger partial charge in [-0.05, 0) is 50.2 Å². The number of aromatic nitrogens is 3. The second kappa shape index (κ2) is 7.52. The summed E-state index contributed by atoms with van der Waals surface area (Å²) in [4.78, 5) is 12.3. The van der Waals surface area contributed by atoms with Gasteiger partial charge in [0.05, 0.1) is 16.3 Å². The highest BCUT2D eigenvalue weighted by molar-refractivity contribution is 7.92. The molecular weight excluding hydrogens is 384 g/mol. The lowest BCUT2D eigenvalue weighted by Crippen LogP contribution is -2.13. The maximum absolute atomic E-state index is 12.8. The molecule has 0 spiro atoms. The van der Waals surface area contributed by atoms with Crippen molar-refractivity contribution in [3.05, 3.63) is 84.3 Å². The fraction of sp³-hybridized carbons (Fsp3) is 0.0909. The van der Waals surface area contributed by atoms with Crippen LogP contribution in [0.15, 0.2) is 78.0 Å². The van der Waals surface area contributed by atoms with Gasteiger partial charge >= 0.3 is 0 Å². The van der Waals surface area contributed by atoms with E-state index in [2.05, 4.69) is 14.7 Å². The Hall–Kier alpha value is -3.45. The Bertz CT molecular complexity index is 1250. The first kappa shape index (κ1) is 18.9. The number of pyridine rings is 1. The monoisotopic (exact) mass is 404 g/mol. The van der Waals surface area contributed by atoms with Gasteiger partial charge in [-0.2, -0.15) is 0 Å². The molecule has 0 unspecified atom stereocenters. The van der Waals surface area contributed by atoms with E-state index < -0.39 is 10.0 Å². The largest absolute Gasteiger partial charge is 0.341 e. The minimum atomic E-state index is -3.72. The van der Waals surface area contributed by atoms with Gasteiger partial charge in [-0.25, -0.2) is 13.4 Å². The molecule has 2 heterocycles. The number of para-hydroxylation sites is 1. The number of benzene rings is 2. The summed E-state index contributed by atoms with van der Waals surface area (Å²) in [5, 5.41) is 0. The van der Waals surface area contributed by atoms with E-state index in [1.807, 2.05) is 38.1 Å². The Morgan fingerprint density at radius 3 is 2.41 bits per heavy atom. The number of nitrogens with zero attached hydrogens (tertiary/aromatic N) is 2. The molecule has 7 heteroatoms. The van der Waals surface area contributed by atoms with Crippen molar-refractivity contribution >= 4 is 15.7 Å². The van der Waals surface area contributed by atoms with Crippen molar-refractivity contribution in [3.63, 3.8) is 0 Å². The van der Waals surface area contributed by atoms with Crippen LogP contribution in [0.4, 0.5) is 5.69 Å². The van der Waals surface area contributed by atoms with E-state index >= 15 is 0 Å². The van der Waals surface area contributed by atoms with Crippen LogP contribution < -0.4 is 4.72 Å². The van der Waals surface area contributed by atoms with Crippen molar-refractivity contribution < 1.29 is 8.42 Å². The molecule has 0 saturated carbocycles. The normalized spacial score (nSPS) is 11.4. The van der Waals surface area contributed by atoms with Crippen LogP contribution in [0.5, 0.6) is 0 Å². The molecule has 0 aliphatic rings. The topological polar surface area (TPSA) is 87.7 Å². The summed E-state index contributed by atoms with van der Waals surface area (Å²) in [5.74, 6) is 0.587. The molecule has 0 fully saturated rings. The summed E-state index contributed by atoms with van der Waals surface area (Å²) in [6.45, 7) is 3.84. The van der Waals surface area contributed by atoms with Crippen LogP contribution in [0.2, 0.25) is 0 Å². The summed E-state index contributed by atoms with van der Waals surface area (Å²) in [6, 6.07) is 17.7. The van der Waals surface area contributed by atoms with Crippen LogP contribution in [0.1, 0.15) is 11.3 Å². The van der Waals surface area contributed by atoms with E-state index in [4.69, 9.17) is 4.98 Å². The third-order valence-corrected chi connectivity index (χ3v) is 5.96. The summed E-state index contributed by atoms with van der Waals surface area (Å²) >= 11 is 0. The number of nitrogens with one attached hydrogen (secondary N) is 2. The fourth-order valence-electron chi connectivity index (χ4n) is 3.07. The first-order valence-corrected chi connectivity index (χ1v) is 10.6. The molecule has 0 saturated heterocycles. The standard InChI is InChI=1S/C22H20N4O2S/c1-15-9-11-18(12-10-15)29(27,28)26-20-8-4-3-7-19(20)22-24-16(2)21(25-22)17-6-5-13-23-14-17/h3-14,26H,1-2H3,(H,24,25). The van der Waals surface area contributed by atoms with Gasteiger partial charge in [0.25, 0.3) is 10.0 Å². The molecule has 0 atom stereocenters. The highest BCUT2D eigenvalue weighted by atomic mass is 32.2. The van der Waals surface area contributed by atoms with Crippen LogP contribution in [0, 0.1) is 13.8 Å². The summed E-state index contributed by atoms with van der Waals surface area (Å²) in [5.41, 5.74) is 4.68. The number of sulfonamides is 1. The Morgan fingerprint density at radius 2 is 1.69 bits per heavy atom. The molecule has 2 aromatic heterocycles. The van der Waals surface area contributed by atoms with Gasteiger partial charge in [-0.1, -0.05) is 29.8 Å². The molecule has 2 N–H and O–H groups in total. The maximum Gasteiger partial charge on any atom is 0.261 e. The zero-order chi connectivity index (χ0) is 20.4. The molecule has 4 aromatic rings. The molecule has 146 valence electrons. The van der Waals surface area contributed by atoms with Crippen LogP contribution in [-0.2, 0) is 10.0 Å². The highest BCUT2D eigenvalue weighted by Crippen LogP contribution is 2.31. The smallest absolute Gasteiger partial charge is 0.261 e. The van der Waals surface area contributed by atoms with Gasteiger partial charge in [0.1, 0.15) is 5.82 Å². The Balaban J connectivity index is 1.72. The van der Waals surface area contributed by atoms with Gasteiger partial charge in [0.2, 0.25) is 0 Å².